The number of aryl methyl sites for hydroxylation is 1. The smallest absolute Gasteiger partial charge is 0.189 e. The summed E-state index contributed by atoms with van der Waals surface area (Å²) in [6.07, 6.45) is 4.72. The van der Waals surface area contributed by atoms with E-state index in [2.05, 4.69) is 48.1 Å². The van der Waals surface area contributed by atoms with Crippen molar-refractivity contribution >= 4 is 0 Å². The summed E-state index contributed by atoms with van der Waals surface area (Å²) >= 11 is 0. The van der Waals surface area contributed by atoms with Gasteiger partial charge in [-0.2, -0.15) is 0 Å². The SMILES string of the molecule is CCCON1N(C)[N+](C)(n2ccnc2C)NC1(C)c1ccccc1. The van der Waals surface area contributed by atoms with Crippen LogP contribution in [-0.4, -0.2) is 40.7 Å². The van der Waals surface area contributed by atoms with E-state index in [0.29, 0.717) is 11.4 Å². The van der Waals surface area contributed by atoms with E-state index in [4.69, 9.17) is 4.84 Å². The van der Waals surface area contributed by atoms with Crippen molar-refractivity contribution < 1.29 is 4.84 Å². The normalized spacial score (nSPS) is 28.5. The predicted molar refractivity (Wildman–Crippen MR) is 93.2 cm³/mol. The van der Waals surface area contributed by atoms with Crippen molar-refractivity contribution in [2.24, 2.45) is 0 Å². The molecule has 0 aliphatic carbocycles. The van der Waals surface area contributed by atoms with Gasteiger partial charge in [0.2, 0.25) is 0 Å². The predicted octanol–water partition coefficient (Wildman–Crippen LogP) is 2.06. The van der Waals surface area contributed by atoms with Gasteiger partial charge < -0.3 is 0 Å². The van der Waals surface area contributed by atoms with Crippen LogP contribution in [0.1, 0.15) is 31.7 Å². The zero-order valence-corrected chi connectivity index (χ0v) is 15.1. The molecule has 1 saturated heterocycles. The van der Waals surface area contributed by atoms with Crippen molar-refractivity contribution in [2.75, 3.05) is 20.7 Å². The van der Waals surface area contributed by atoms with E-state index in [1.807, 2.05) is 54.9 Å². The standard InChI is InChI=1S/C17H27N6O/c1-6-14-24-22-17(3,16-10-8-7-9-11-16)19-23(5,20(22)4)21-13-12-18-15(21)2/h7-13,19H,6,14H2,1-5H3/q+1. The van der Waals surface area contributed by atoms with E-state index in [-0.39, 0.29) is 0 Å². The Kier molecular flexibility index (Phi) is 4.46. The first-order chi connectivity index (χ1) is 11.4. The van der Waals surface area contributed by atoms with Gasteiger partial charge in [0.15, 0.2) is 11.5 Å². The summed E-state index contributed by atoms with van der Waals surface area (Å²) in [6.45, 7) is 6.88. The molecule has 0 bridgehead atoms. The molecule has 1 aliphatic rings. The Labute approximate surface area is 143 Å². The number of hydroxylamine groups is 1. The Morgan fingerprint density at radius 3 is 2.58 bits per heavy atom. The molecule has 0 spiro atoms. The topological polar surface area (TPSA) is 45.6 Å². The first-order valence-corrected chi connectivity index (χ1v) is 8.33. The zero-order chi connectivity index (χ0) is 17.4. The van der Waals surface area contributed by atoms with Gasteiger partial charge in [-0.3, -0.25) is 4.84 Å². The van der Waals surface area contributed by atoms with Gasteiger partial charge in [-0.05, 0) is 36.1 Å². The second-order valence-corrected chi connectivity index (χ2v) is 6.38. The highest BCUT2D eigenvalue weighted by molar-refractivity contribution is 5.23. The molecule has 7 nitrogen and oxygen atoms in total. The molecule has 2 atom stereocenters. The number of hydrazine groups is 1. The molecule has 1 fully saturated rings. The molecule has 0 amide bonds. The third kappa shape index (κ3) is 2.54. The molecule has 1 aromatic heterocycles. The largest absolute Gasteiger partial charge is 0.278 e. The monoisotopic (exact) mass is 331 g/mol. The number of imidazole rings is 1. The number of nitrogens with one attached hydrogen (secondary N) is 1. The van der Waals surface area contributed by atoms with Gasteiger partial charge in [0.1, 0.15) is 7.05 Å². The van der Waals surface area contributed by atoms with Gasteiger partial charge in [-0.15, -0.1) is 4.68 Å². The molecule has 3 rings (SSSR count). The average molecular weight is 331 g/mol. The fourth-order valence-electron chi connectivity index (χ4n) is 3.28. The lowest BCUT2D eigenvalue weighted by Crippen LogP contribution is -2.68. The molecule has 0 radical (unpaired) electrons. The molecule has 7 heteroatoms. The second kappa shape index (κ2) is 6.27. The van der Waals surface area contributed by atoms with E-state index >= 15 is 0 Å². The van der Waals surface area contributed by atoms with E-state index in [1.54, 1.807) is 0 Å². The Bertz CT molecular complexity index is 689. The molecule has 1 aliphatic heterocycles. The van der Waals surface area contributed by atoms with Crippen molar-refractivity contribution in [3.63, 3.8) is 0 Å². The number of hydrogen-bond donors (Lipinski definition) is 1. The fourth-order valence-corrected chi connectivity index (χ4v) is 3.28. The molecule has 0 saturated carbocycles. The molecule has 2 unspecified atom stereocenters. The summed E-state index contributed by atoms with van der Waals surface area (Å²) in [6, 6.07) is 10.3. The quantitative estimate of drug-likeness (QED) is 0.850. The van der Waals surface area contributed by atoms with E-state index in [1.165, 1.54) is 0 Å². The lowest BCUT2D eigenvalue weighted by molar-refractivity contribution is -0.340. The number of nitrogens with zero attached hydrogens (tertiary/aromatic N) is 5. The Morgan fingerprint density at radius 2 is 2.00 bits per heavy atom. The fraction of sp³-hybridized carbons (Fsp3) is 0.471. The van der Waals surface area contributed by atoms with Gasteiger partial charge in [-0.1, -0.05) is 47.5 Å². The lowest BCUT2D eigenvalue weighted by atomic mass is 10.0. The van der Waals surface area contributed by atoms with Gasteiger partial charge in [0.25, 0.3) is 0 Å². The van der Waals surface area contributed by atoms with Crippen LogP contribution >= 0.6 is 0 Å². The first kappa shape index (κ1) is 17.1. The summed E-state index contributed by atoms with van der Waals surface area (Å²) in [5.74, 6) is 0.921. The zero-order valence-electron chi connectivity index (χ0n) is 15.1. The van der Waals surface area contributed by atoms with Crippen molar-refractivity contribution in [3.05, 3.63) is 54.1 Å². The number of quaternary nitrogens is 1. The molecular formula is C17H27N6O+. The molecule has 1 N–H and O–H groups in total. The number of benzene rings is 1. The van der Waals surface area contributed by atoms with E-state index in [9.17, 15) is 0 Å². The summed E-state index contributed by atoms with van der Waals surface area (Å²) in [7, 11) is 4.08. The van der Waals surface area contributed by atoms with Crippen molar-refractivity contribution in [1.82, 2.24) is 30.2 Å². The number of hydrogen-bond acceptors (Lipinski definition) is 5. The number of rotatable bonds is 5. The third-order valence-electron chi connectivity index (χ3n) is 4.61. The summed E-state index contributed by atoms with van der Waals surface area (Å²) in [5.41, 5.74) is 4.31. The molecule has 24 heavy (non-hydrogen) atoms. The van der Waals surface area contributed by atoms with Gasteiger partial charge in [-0.25, -0.2) is 4.98 Å². The van der Waals surface area contributed by atoms with E-state index < -0.39 is 5.66 Å². The minimum Gasteiger partial charge on any atom is -0.278 e. The van der Waals surface area contributed by atoms with Crippen LogP contribution in [0.5, 0.6) is 0 Å². The first-order valence-electron chi connectivity index (χ1n) is 8.33. The highest BCUT2D eigenvalue weighted by atomic mass is 16.7. The van der Waals surface area contributed by atoms with Crippen molar-refractivity contribution in [2.45, 2.75) is 32.9 Å². The van der Waals surface area contributed by atoms with Crippen LogP contribution in [0.15, 0.2) is 42.7 Å². The Balaban J connectivity index is 2.06. The highest BCUT2D eigenvalue weighted by Gasteiger charge is 2.58. The van der Waals surface area contributed by atoms with Crippen molar-refractivity contribution in [1.29, 1.82) is 0 Å². The number of aromatic nitrogens is 2. The van der Waals surface area contributed by atoms with Gasteiger partial charge >= 0.3 is 0 Å². The third-order valence-corrected chi connectivity index (χ3v) is 4.61. The summed E-state index contributed by atoms with van der Waals surface area (Å²) < 4.78 is 2.07. The van der Waals surface area contributed by atoms with Crippen LogP contribution in [0.3, 0.4) is 0 Å². The van der Waals surface area contributed by atoms with Gasteiger partial charge in [0, 0.05) is 0 Å². The molecule has 2 aromatic rings. The van der Waals surface area contributed by atoms with Crippen LogP contribution in [0.4, 0.5) is 0 Å². The maximum absolute atomic E-state index is 6.12. The summed E-state index contributed by atoms with van der Waals surface area (Å²) in [4.78, 5) is 10.8. The Hall–Kier alpha value is -1.77. The molecular weight excluding hydrogens is 304 g/mol. The minimum atomic E-state index is -0.517. The average Bonchev–Trinajstić information content (AvgIpc) is 3.09. The Morgan fingerprint density at radius 1 is 1.29 bits per heavy atom. The van der Waals surface area contributed by atoms with Crippen LogP contribution < -0.4 is 10.2 Å². The van der Waals surface area contributed by atoms with Crippen LogP contribution in [0.25, 0.3) is 0 Å². The molecule has 130 valence electrons. The maximum Gasteiger partial charge on any atom is 0.189 e. The second-order valence-electron chi connectivity index (χ2n) is 6.38. The van der Waals surface area contributed by atoms with Crippen LogP contribution in [0.2, 0.25) is 0 Å². The highest BCUT2D eigenvalue weighted by Crippen LogP contribution is 2.35. The lowest BCUT2D eigenvalue weighted by Gasteiger charge is -2.33. The van der Waals surface area contributed by atoms with Crippen LogP contribution in [-0.2, 0) is 10.5 Å². The summed E-state index contributed by atoms with van der Waals surface area (Å²) in [5, 5.41) is 3.96. The van der Waals surface area contributed by atoms with Crippen molar-refractivity contribution in [3.8, 4) is 0 Å². The molecule has 1 aromatic carbocycles. The maximum atomic E-state index is 6.12. The molecule has 2 heterocycles. The van der Waals surface area contributed by atoms with E-state index in [0.717, 1.165) is 17.8 Å². The van der Waals surface area contributed by atoms with Gasteiger partial charge in [0.05, 0.1) is 26.0 Å². The minimum absolute atomic E-state index is 0.306. The van der Waals surface area contributed by atoms with Crippen LogP contribution in [0, 0.1) is 6.92 Å².